The summed E-state index contributed by atoms with van der Waals surface area (Å²) in [5.74, 6) is -3.27. The lowest BCUT2D eigenvalue weighted by molar-refractivity contribution is -0.144. The largest absolute Gasteiger partial charge is 0.469 e. The second-order valence-electron chi connectivity index (χ2n) is 30.6. The van der Waals surface area contributed by atoms with E-state index in [2.05, 4.69) is 70.6 Å². The van der Waals surface area contributed by atoms with Crippen LogP contribution < -0.4 is 0 Å². The van der Waals surface area contributed by atoms with Crippen molar-refractivity contribution in [3.05, 3.63) is 48.6 Å². The minimum atomic E-state index is -3.24. The van der Waals surface area contributed by atoms with Crippen molar-refractivity contribution < 1.29 is 101 Å². The maximum Gasteiger partial charge on any atom is 0.305 e. The van der Waals surface area contributed by atoms with Crippen molar-refractivity contribution in [1.82, 2.24) is 0 Å². The number of ketones is 5. The van der Waals surface area contributed by atoms with Gasteiger partial charge in [-0.05, 0) is 184 Å². The molecule has 0 amide bonds. The molecule has 0 aromatic rings. The zero-order valence-electron chi connectivity index (χ0n) is 69.5. The van der Waals surface area contributed by atoms with Gasteiger partial charge >= 0.3 is 29.8 Å². The van der Waals surface area contributed by atoms with Crippen molar-refractivity contribution in [1.29, 1.82) is 0 Å². The average molecular weight is 1610 g/mol. The number of aliphatic hydroxyl groups excluding tert-OH is 3. The van der Waals surface area contributed by atoms with Gasteiger partial charge in [0.1, 0.15) is 28.1 Å². The molecule has 5 aliphatic rings. The normalized spacial score (nSPS) is 24.2. The second kappa shape index (κ2) is 64.7. The molecule has 0 spiro atoms. The van der Waals surface area contributed by atoms with Crippen LogP contribution in [0, 0.1) is 47.3 Å². The third-order valence-electron chi connectivity index (χ3n) is 22.2. The number of aliphatic hydroxyl groups is 4. The number of unbranched alkanes of at least 4 members (excludes halogenated alkanes) is 13. The number of thioether (sulfide) groups is 1. The number of rotatable bonds is 54. The van der Waals surface area contributed by atoms with Gasteiger partial charge in [0.05, 0.1) is 53.9 Å². The van der Waals surface area contributed by atoms with Gasteiger partial charge in [0.15, 0.2) is 0 Å². The van der Waals surface area contributed by atoms with Gasteiger partial charge in [-0.2, -0.15) is 21.4 Å². The predicted molar refractivity (Wildman–Crippen MR) is 439 cm³/mol. The summed E-state index contributed by atoms with van der Waals surface area (Å²) in [5.41, 5.74) is 0. The number of hydrogen-bond donors (Lipinski definition) is 5. The lowest BCUT2D eigenvalue weighted by Crippen LogP contribution is -2.36. The van der Waals surface area contributed by atoms with Crippen LogP contribution in [0.25, 0.3) is 0 Å². The quantitative estimate of drug-likeness (QED) is 0.0124. The van der Waals surface area contributed by atoms with Crippen molar-refractivity contribution >= 4 is 77.2 Å². The molecule has 640 valence electrons. The highest BCUT2D eigenvalue weighted by Gasteiger charge is 2.49. The van der Waals surface area contributed by atoms with Crippen LogP contribution in [0.1, 0.15) is 310 Å². The van der Waals surface area contributed by atoms with E-state index in [-0.39, 0.29) is 95.0 Å². The van der Waals surface area contributed by atoms with Gasteiger partial charge in [0.2, 0.25) is 5.78 Å². The van der Waals surface area contributed by atoms with Crippen LogP contribution in [0.5, 0.6) is 0 Å². The molecule has 7 unspecified atom stereocenters. The maximum absolute atomic E-state index is 13.8. The fourth-order valence-electron chi connectivity index (χ4n) is 15.4. The molecule has 0 bridgehead atoms. The molecule has 5 rings (SSSR count). The molecule has 1 saturated heterocycles. The van der Waals surface area contributed by atoms with Gasteiger partial charge in [-0.1, -0.05) is 134 Å². The molecule has 5 fully saturated rings. The molecular weight excluding hydrogens is 1460 g/mol. The fraction of sp³-hybridized carbons (Fsp3) is 0.807. The number of hydrogen-bond acceptors (Lipinski definition) is 21. The highest BCUT2D eigenvalue weighted by Crippen LogP contribution is 2.53. The molecule has 19 nitrogen and oxygen atoms in total. The SMILES string of the molecule is CCCCC(F)(F)C(=O)CC[C@H]1CCC(=O)[C@@H]1C/C=C\CCCC(=O)OC.CCCCCC(=O)CCC1C(C/C=C\CCCC(=O)OC)C(=O)C[C@H]1S.CCCCCC1(O)CC[C@@H]2C(C/C=C\CCCC(=O)OC)C(=O)C[C@H]2S1.CCCCCCCOCCOCC[C@H]1C(O)CC(O)C1C/C=C\CCCC(=O)OC.CO. The van der Waals surface area contributed by atoms with Gasteiger partial charge in [-0.15, -0.1) is 11.8 Å². The minimum absolute atomic E-state index is 0.00291. The van der Waals surface area contributed by atoms with Gasteiger partial charge in [-0.3, -0.25) is 43.2 Å². The molecule has 1 heterocycles. The van der Waals surface area contributed by atoms with Gasteiger partial charge in [0.25, 0.3) is 0 Å². The first-order valence-electron chi connectivity index (χ1n) is 42.3. The smallest absolute Gasteiger partial charge is 0.305 e. The first-order valence-corrected chi connectivity index (χ1v) is 43.7. The van der Waals surface area contributed by atoms with Gasteiger partial charge in [-0.25, -0.2) is 0 Å². The Bertz CT molecular complexity index is 2690. The zero-order chi connectivity index (χ0) is 82.7. The molecule has 4 N–H and O–H groups in total. The highest BCUT2D eigenvalue weighted by molar-refractivity contribution is 8.01. The number of esters is 4. The van der Waals surface area contributed by atoms with E-state index in [1.807, 2.05) is 37.3 Å². The lowest BCUT2D eigenvalue weighted by atomic mass is 9.86. The topological polar surface area (TPSA) is 290 Å². The van der Waals surface area contributed by atoms with Crippen molar-refractivity contribution in [3.8, 4) is 0 Å². The first kappa shape index (κ1) is 105. The Morgan fingerprint density at radius 2 is 0.973 bits per heavy atom. The summed E-state index contributed by atoms with van der Waals surface area (Å²) in [6.07, 6.45) is 47.6. The Balaban J connectivity index is 0.000000735. The van der Waals surface area contributed by atoms with E-state index >= 15 is 0 Å². The Kier molecular flexibility index (Phi) is 60.9. The first-order chi connectivity index (χ1) is 53.4. The van der Waals surface area contributed by atoms with Crippen LogP contribution in [-0.4, -0.2) is 169 Å². The van der Waals surface area contributed by atoms with E-state index in [9.17, 15) is 67.3 Å². The molecule has 4 aliphatic carbocycles. The molecule has 111 heavy (non-hydrogen) atoms. The Hall–Kier alpha value is -4.49. The van der Waals surface area contributed by atoms with E-state index in [0.29, 0.717) is 152 Å². The zero-order valence-corrected chi connectivity index (χ0v) is 71.2. The Morgan fingerprint density at radius 3 is 1.51 bits per heavy atom. The van der Waals surface area contributed by atoms with Crippen molar-refractivity contribution in [3.63, 3.8) is 0 Å². The number of methoxy groups -OCH3 is 4. The summed E-state index contributed by atoms with van der Waals surface area (Å²) < 4.78 is 57.3. The van der Waals surface area contributed by atoms with Gasteiger partial charge in [0, 0.05) is 119 Å². The number of carbonyl (C=O) groups is 9. The molecule has 4 saturated carbocycles. The third kappa shape index (κ3) is 46.2. The minimum Gasteiger partial charge on any atom is -0.469 e. The summed E-state index contributed by atoms with van der Waals surface area (Å²) in [5, 5.41) is 38.8. The molecular formula is C88H148F2O19S2. The summed E-state index contributed by atoms with van der Waals surface area (Å²) in [7, 11) is 6.56. The van der Waals surface area contributed by atoms with Gasteiger partial charge < -0.3 is 48.8 Å². The molecule has 0 aromatic carbocycles. The Labute approximate surface area is 676 Å². The monoisotopic (exact) mass is 1610 g/mol. The number of carbonyl (C=O) groups excluding carboxylic acids is 9. The molecule has 0 radical (unpaired) electrons. The van der Waals surface area contributed by atoms with E-state index in [1.54, 1.807) is 11.8 Å². The number of thiol groups is 1. The molecule has 13 atom stereocenters. The molecule has 23 heteroatoms. The van der Waals surface area contributed by atoms with Crippen LogP contribution >= 0.6 is 24.4 Å². The number of alkyl halides is 2. The van der Waals surface area contributed by atoms with E-state index in [4.69, 9.17) is 14.6 Å². The third-order valence-corrected chi connectivity index (χ3v) is 24.4. The maximum atomic E-state index is 13.8. The van der Waals surface area contributed by atoms with Crippen LogP contribution in [0.15, 0.2) is 48.6 Å². The Morgan fingerprint density at radius 1 is 0.495 bits per heavy atom. The number of halogens is 2. The van der Waals surface area contributed by atoms with Crippen LogP contribution in [0.2, 0.25) is 0 Å². The van der Waals surface area contributed by atoms with Crippen LogP contribution in [0.4, 0.5) is 8.78 Å². The molecule has 1 aliphatic heterocycles. The number of allylic oxidation sites excluding steroid dienone is 8. The van der Waals surface area contributed by atoms with Crippen molar-refractivity contribution in [2.75, 3.05) is 62.0 Å². The average Bonchev–Trinajstić information content (AvgIpc) is 1.67. The van der Waals surface area contributed by atoms with E-state index in [0.717, 1.165) is 136 Å². The highest BCUT2D eigenvalue weighted by atomic mass is 32.2. The summed E-state index contributed by atoms with van der Waals surface area (Å²) in [4.78, 5) is 104. The summed E-state index contributed by atoms with van der Waals surface area (Å²) >= 11 is 6.27. The van der Waals surface area contributed by atoms with E-state index in [1.165, 1.54) is 67.0 Å². The predicted octanol–water partition coefficient (Wildman–Crippen LogP) is 18.0. The number of Topliss-reactive ketones (excluding diaryl/α,β-unsaturated/α-hetero) is 5. The molecule has 0 aromatic heterocycles. The summed E-state index contributed by atoms with van der Waals surface area (Å²) in [6, 6.07) is 0. The number of fused-ring (bicyclic) bond motifs is 1. The fourth-order valence-corrected chi connectivity index (χ4v) is 17.7. The second-order valence-corrected chi connectivity index (χ2v) is 32.8. The van der Waals surface area contributed by atoms with Crippen molar-refractivity contribution in [2.24, 2.45) is 47.3 Å². The summed E-state index contributed by atoms with van der Waals surface area (Å²) in [6.45, 7) is 10.9. The van der Waals surface area contributed by atoms with Crippen LogP contribution in [0.3, 0.4) is 0 Å². The standard InChI is InChI=1S/C24H44O6.C21H32F2O4.2C21H34O4S.CH4O/c1-3-4-5-8-11-15-29-17-18-30-16-14-21-20(22(25)19-23(21)26)12-9-6-7-10-13-24(27)28-2;1-3-4-15-21(22,23)19(25)14-12-16-11-13-18(24)17(16)9-7-5-6-8-10-20(26)27-2;1-3-4-9-13-21(24)14-12-17-16(18(22)15-19(17)26-21)10-7-5-6-8-11-20(23)25-2;1-3-4-7-10-16(22)13-14-18-17(19(23)15-20(18)26)11-8-5-6-9-12-21(24)25-2;1-2/h6,9,20-23,25-26H,3-5,7-8,10-19H2,1-2H3;5,7,16-17H,3-4,6,8-15H2,1-2H3;5,7,16-17,19,24H,3-4,6,8-15H2,1-2H3;5,8,17-18,20,26H,3-4,6-7,9-15H2,1-2H3;2H,1H3/b9-6-;2*7-5-;8-5-;/t20?,21-,22?,23?;16-,17-;16?,17-,19-,21?;17?,18?,20-;/m1111./s1. The lowest BCUT2D eigenvalue weighted by Gasteiger charge is -2.39. The number of ether oxygens (including phenoxy) is 6. The van der Waals surface area contributed by atoms with Crippen molar-refractivity contribution in [2.45, 2.75) is 344 Å². The van der Waals surface area contributed by atoms with Crippen LogP contribution in [-0.2, 0) is 71.6 Å². The van der Waals surface area contributed by atoms with E-state index < -0.39 is 28.8 Å².